The monoisotopic (exact) mass is 724 g/mol. The molecule has 0 radical (unpaired) electrons. The summed E-state index contributed by atoms with van der Waals surface area (Å²) in [7, 11) is 0. The fourth-order valence-electron chi connectivity index (χ4n) is 11.7. The van der Waals surface area contributed by atoms with Crippen LogP contribution in [0, 0.1) is 13.8 Å². The number of para-hydroxylation sites is 4. The van der Waals surface area contributed by atoms with Crippen LogP contribution in [0.5, 0.6) is 0 Å². The lowest BCUT2D eigenvalue weighted by Crippen LogP contribution is -2.59. The number of benzene rings is 10. The predicted octanol–water partition coefficient (Wildman–Crippen LogP) is 12.1. The van der Waals surface area contributed by atoms with Gasteiger partial charge < -0.3 is 9.13 Å². The van der Waals surface area contributed by atoms with Crippen molar-refractivity contribution in [2.45, 2.75) is 40.0 Å². The molecule has 0 N–H and O–H groups in total. The van der Waals surface area contributed by atoms with Gasteiger partial charge in [0.25, 0.3) is 6.71 Å². The van der Waals surface area contributed by atoms with E-state index >= 15 is 0 Å². The molecule has 14 rings (SSSR count). The second-order valence-electron chi connectivity index (χ2n) is 18.2. The molecule has 2 aromatic heterocycles. The quantitative estimate of drug-likeness (QED) is 0.0837. The molecule has 57 heavy (non-hydrogen) atoms. The molecule has 10 aromatic carbocycles. The lowest BCUT2D eigenvalue weighted by molar-refractivity contribution is 0.592. The first-order chi connectivity index (χ1) is 27.8. The van der Waals surface area contributed by atoms with Gasteiger partial charge in [0.15, 0.2) is 0 Å². The number of rotatable bonds is 0. The smallest absolute Gasteiger partial charge is 0.252 e. The van der Waals surface area contributed by atoms with Gasteiger partial charge in [-0.25, -0.2) is 0 Å². The summed E-state index contributed by atoms with van der Waals surface area (Å²) in [6.07, 6.45) is 0. The summed E-state index contributed by atoms with van der Waals surface area (Å²) in [6, 6.07) is 51.9. The van der Waals surface area contributed by atoms with Crippen molar-refractivity contribution in [1.82, 2.24) is 9.13 Å². The van der Waals surface area contributed by atoms with Crippen LogP contribution in [0.15, 0.2) is 133 Å². The van der Waals surface area contributed by atoms with Crippen LogP contribution in [0.25, 0.3) is 109 Å². The Balaban J connectivity index is 1.41. The third kappa shape index (κ3) is 3.45. The molecule has 0 saturated heterocycles. The minimum absolute atomic E-state index is 0.0182. The molecule has 3 heteroatoms. The summed E-state index contributed by atoms with van der Waals surface area (Å²) in [4.78, 5) is 0. The highest BCUT2D eigenvalue weighted by atomic mass is 15.0. The number of hydrogen-bond acceptors (Lipinski definition) is 0. The molecule has 2 aliphatic rings. The van der Waals surface area contributed by atoms with Crippen LogP contribution in [-0.4, -0.2) is 15.8 Å². The van der Waals surface area contributed by atoms with E-state index in [-0.39, 0.29) is 12.1 Å². The van der Waals surface area contributed by atoms with Crippen LogP contribution < -0.4 is 16.4 Å². The zero-order valence-corrected chi connectivity index (χ0v) is 32.7. The lowest BCUT2D eigenvalue weighted by Gasteiger charge is -2.36. The van der Waals surface area contributed by atoms with Crippen molar-refractivity contribution in [2.24, 2.45) is 0 Å². The lowest BCUT2D eigenvalue weighted by atomic mass is 9.34. The van der Waals surface area contributed by atoms with E-state index < -0.39 is 0 Å². The molecule has 0 unspecified atom stereocenters. The van der Waals surface area contributed by atoms with Gasteiger partial charge in [0.2, 0.25) is 0 Å². The second-order valence-corrected chi connectivity index (χ2v) is 18.2. The number of aryl methyl sites for hydroxylation is 2. The molecule has 266 valence electrons. The van der Waals surface area contributed by atoms with Crippen LogP contribution >= 0.6 is 0 Å². The number of aromatic nitrogens is 2. The first-order valence-electron chi connectivity index (χ1n) is 20.5. The van der Waals surface area contributed by atoms with E-state index in [2.05, 4.69) is 177 Å². The SMILES string of the molecule is Cc1ccc2c(c1)c1c3c4c(c5c6cc(C)ccc6c6cc(C(C)(C)C)cc2c6c15)-n1c2ccccc2c2cccc(c21)B4c1cccc2c4ccccc4n-3c12. The highest BCUT2D eigenvalue weighted by Gasteiger charge is 2.43. The van der Waals surface area contributed by atoms with Crippen LogP contribution in [0.1, 0.15) is 37.5 Å². The first-order valence-corrected chi connectivity index (χ1v) is 20.5. The largest absolute Gasteiger partial charge is 0.310 e. The average molecular weight is 725 g/mol. The summed E-state index contributed by atoms with van der Waals surface area (Å²) >= 11 is 0. The van der Waals surface area contributed by atoms with Crippen molar-refractivity contribution >= 4 is 121 Å². The molecule has 0 spiro atoms. The Morgan fingerprint density at radius 3 is 1.35 bits per heavy atom. The summed E-state index contributed by atoms with van der Waals surface area (Å²) in [5.41, 5.74) is 16.1. The van der Waals surface area contributed by atoms with E-state index in [1.54, 1.807) is 0 Å². The number of nitrogens with zero attached hydrogens (tertiary/aromatic N) is 2. The molecular weight excluding hydrogens is 687 g/mol. The molecule has 0 saturated carbocycles. The van der Waals surface area contributed by atoms with Gasteiger partial charge in [-0.05, 0) is 103 Å². The first kappa shape index (κ1) is 30.6. The second kappa shape index (κ2) is 9.86. The number of fused-ring (bicyclic) bond motifs is 18. The van der Waals surface area contributed by atoms with Crippen LogP contribution in [0.2, 0.25) is 0 Å². The van der Waals surface area contributed by atoms with E-state index in [0.717, 1.165) is 0 Å². The normalized spacial score (nSPS) is 13.7. The molecule has 0 aliphatic carbocycles. The van der Waals surface area contributed by atoms with Crippen molar-refractivity contribution in [3.63, 3.8) is 0 Å². The van der Waals surface area contributed by atoms with Crippen molar-refractivity contribution in [2.75, 3.05) is 0 Å². The van der Waals surface area contributed by atoms with Crippen LogP contribution in [0.4, 0.5) is 0 Å². The fraction of sp³-hybridized carbons (Fsp3) is 0.111. The Kier molecular flexibility index (Phi) is 5.30. The molecule has 2 aliphatic heterocycles. The third-order valence-corrected chi connectivity index (χ3v) is 14.0. The van der Waals surface area contributed by atoms with E-state index in [0.29, 0.717) is 0 Å². The maximum Gasteiger partial charge on any atom is 0.252 e. The Morgan fingerprint density at radius 1 is 0.404 bits per heavy atom. The Morgan fingerprint density at radius 2 is 0.860 bits per heavy atom. The van der Waals surface area contributed by atoms with Gasteiger partial charge in [0.1, 0.15) is 0 Å². The third-order valence-electron chi connectivity index (χ3n) is 14.0. The van der Waals surface area contributed by atoms with E-state index in [9.17, 15) is 0 Å². The molecule has 2 nitrogen and oxygen atoms in total. The molecule has 0 bridgehead atoms. The van der Waals surface area contributed by atoms with Gasteiger partial charge in [-0.15, -0.1) is 0 Å². The minimum Gasteiger partial charge on any atom is -0.310 e. The summed E-state index contributed by atoms with van der Waals surface area (Å²) in [6.45, 7) is 11.7. The topological polar surface area (TPSA) is 9.86 Å². The van der Waals surface area contributed by atoms with Gasteiger partial charge in [-0.1, -0.05) is 141 Å². The van der Waals surface area contributed by atoms with Crippen molar-refractivity contribution < 1.29 is 0 Å². The van der Waals surface area contributed by atoms with Gasteiger partial charge >= 0.3 is 0 Å². The zero-order chi connectivity index (χ0) is 37.8. The molecular formula is C54H37BN2. The van der Waals surface area contributed by atoms with Crippen molar-refractivity contribution in [1.29, 1.82) is 0 Å². The standard InChI is InChI=1S/C54H37BN2/c1-28-20-22-31-37(24-28)46-48-45-39(31)26-30(54(3,4)5)27-40(45)32-23-21-29(2)25-38(32)47(48)53-49-52(46)56-43-18-8-6-12-33(43)35-14-10-16-41(50(35)56)55(49)42-17-11-15-36-34-13-7-9-19-44(34)57(53)51(36)42/h6-27H,1-5H3. The number of hydrogen-bond donors (Lipinski definition) is 0. The molecule has 0 atom stereocenters. The van der Waals surface area contributed by atoms with E-state index in [1.807, 2.05) is 0 Å². The highest BCUT2D eigenvalue weighted by Crippen LogP contribution is 2.52. The summed E-state index contributed by atoms with van der Waals surface area (Å²) in [5, 5.41) is 18.9. The van der Waals surface area contributed by atoms with Gasteiger partial charge in [-0.2, -0.15) is 0 Å². The summed E-state index contributed by atoms with van der Waals surface area (Å²) < 4.78 is 5.38. The fourth-order valence-corrected chi connectivity index (χ4v) is 11.7. The Bertz CT molecular complexity index is 3630. The molecule has 4 heterocycles. The van der Waals surface area contributed by atoms with E-state index in [1.165, 1.54) is 142 Å². The van der Waals surface area contributed by atoms with E-state index in [4.69, 9.17) is 0 Å². The Hall–Kier alpha value is -6.58. The Labute approximate surface area is 329 Å². The van der Waals surface area contributed by atoms with Crippen LogP contribution in [-0.2, 0) is 5.41 Å². The van der Waals surface area contributed by atoms with Gasteiger partial charge in [-0.3, -0.25) is 0 Å². The van der Waals surface area contributed by atoms with Crippen LogP contribution in [0.3, 0.4) is 0 Å². The maximum absolute atomic E-state index is 2.69. The predicted molar refractivity (Wildman–Crippen MR) is 247 cm³/mol. The summed E-state index contributed by atoms with van der Waals surface area (Å²) in [5.74, 6) is 0. The highest BCUT2D eigenvalue weighted by molar-refractivity contribution is 7.01. The maximum atomic E-state index is 2.69. The van der Waals surface area contributed by atoms with Gasteiger partial charge in [0.05, 0.1) is 22.4 Å². The molecule has 12 aromatic rings. The average Bonchev–Trinajstić information content (AvgIpc) is 3.74. The minimum atomic E-state index is -0.0182. The van der Waals surface area contributed by atoms with Gasteiger partial charge in [0, 0.05) is 48.7 Å². The zero-order valence-electron chi connectivity index (χ0n) is 32.7. The van der Waals surface area contributed by atoms with Crippen molar-refractivity contribution in [3.05, 3.63) is 150 Å². The van der Waals surface area contributed by atoms with Crippen molar-refractivity contribution in [3.8, 4) is 11.4 Å². The molecule has 0 amide bonds. The molecule has 0 fully saturated rings.